The number of benzene rings is 1. The molecule has 9 heteroatoms. The van der Waals surface area contributed by atoms with E-state index in [-0.39, 0.29) is 29.4 Å². The van der Waals surface area contributed by atoms with Gasteiger partial charge in [0.1, 0.15) is 5.52 Å². The topological polar surface area (TPSA) is 67.2 Å². The Morgan fingerprint density at radius 1 is 1.32 bits per heavy atom. The maximum absolute atomic E-state index is 12.6. The van der Waals surface area contributed by atoms with E-state index >= 15 is 0 Å². The second-order valence-electron chi connectivity index (χ2n) is 5.98. The van der Waals surface area contributed by atoms with Crippen LogP contribution in [0, 0.1) is 5.92 Å². The number of carbonyl (C=O) groups is 1. The molecular formula is C16H19ClF3N3O2. The van der Waals surface area contributed by atoms with Gasteiger partial charge in [0.15, 0.2) is 5.58 Å². The van der Waals surface area contributed by atoms with E-state index in [4.69, 9.17) is 0 Å². The van der Waals surface area contributed by atoms with Crippen molar-refractivity contribution in [3.05, 3.63) is 24.1 Å². The fourth-order valence-corrected chi connectivity index (χ4v) is 2.86. The highest BCUT2D eigenvalue weighted by molar-refractivity contribution is 5.92. The lowest BCUT2D eigenvalue weighted by atomic mass is 9.93. The van der Waals surface area contributed by atoms with Crippen molar-refractivity contribution in [3.63, 3.8) is 0 Å². The highest BCUT2D eigenvalue weighted by atomic mass is 35.5. The first kappa shape index (κ1) is 19.5. The molecule has 0 radical (unpaired) electrons. The first-order valence-electron chi connectivity index (χ1n) is 7.90. The molecule has 0 aliphatic carbocycles. The third-order valence-corrected chi connectivity index (χ3v) is 4.15. The monoisotopic (exact) mass is 377 g/mol. The molecule has 1 aromatic carbocycles. The van der Waals surface area contributed by atoms with Crippen LogP contribution in [0.5, 0.6) is 0 Å². The van der Waals surface area contributed by atoms with Crippen LogP contribution in [0.1, 0.15) is 31.6 Å². The van der Waals surface area contributed by atoms with Crippen molar-refractivity contribution >= 4 is 35.1 Å². The fraction of sp³-hybridized carbons (Fsp3) is 0.500. The highest BCUT2D eigenvalue weighted by Crippen LogP contribution is 2.31. The number of oxazole rings is 1. The van der Waals surface area contributed by atoms with Gasteiger partial charge in [0.2, 0.25) is 5.91 Å². The molecule has 2 heterocycles. The van der Waals surface area contributed by atoms with Crippen LogP contribution < -0.4 is 10.6 Å². The number of carbonyl (C=O) groups excluding carboxylic acids is 1. The van der Waals surface area contributed by atoms with Gasteiger partial charge in [-0.1, -0.05) is 0 Å². The molecule has 3 rings (SSSR count). The number of hydrogen-bond donors (Lipinski definition) is 2. The Hall–Kier alpha value is -1.80. The molecule has 1 aliphatic heterocycles. The molecule has 2 N–H and O–H groups in total. The second kappa shape index (κ2) is 8.05. The van der Waals surface area contributed by atoms with Crippen LogP contribution in [-0.4, -0.2) is 24.0 Å². The SMILES string of the molecule is Cl.O=C(CCC1CCNCC1)Nc1ccc2oc(C(F)(F)F)nc2c1. The molecule has 1 fully saturated rings. The molecule has 1 aromatic heterocycles. The van der Waals surface area contributed by atoms with Crippen LogP contribution in [0.25, 0.3) is 11.1 Å². The normalized spacial score (nSPS) is 15.8. The number of rotatable bonds is 4. The zero-order valence-electron chi connectivity index (χ0n) is 13.4. The predicted molar refractivity (Wildman–Crippen MR) is 89.7 cm³/mol. The number of piperidine rings is 1. The van der Waals surface area contributed by atoms with Gasteiger partial charge in [-0.05, 0) is 56.5 Å². The van der Waals surface area contributed by atoms with Gasteiger partial charge >= 0.3 is 12.1 Å². The zero-order chi connectivity index (χ0) is 17.2. The van der Waals surface area contributed by atoms with Crippen molar-refractivity contribution in [2.24, 2.45) is 5.92 Å². The Morgan fingerprint density at radius 3 is 2.72 bits per heavy atom. The Labute approximate surface area is 148 Å². The molecular weight excluding hydrogens is 359 g/mol. The Kier molecular flexibility index (Phi) is 6.29. The van der Waals surface area contributed by atoms with E-state index in [2.05, 4.69) is 20.0 Å². The summed E-state index contributed by atoms with van der Waals surface area (Å²) in [6.45, 7) is 1.97. The van der Waals surface area contributed by atoms with Crippen LogP contribution in [0.4, 0.5) is 18.9 Å². The maximum atomic E-state index is 12.6. The molecule has 0 spiro atoms. The van der Waals surface area contributed by atoms with Crippen molar-refractivity contribution in [1.29, 1.82) is 0 Å². The van der Waals surface area contributed by atoms with E-state index in [0.29, 0.717) is 18.0 Å². The summed E-state index contributed by atoms with van der Waals surface area (Å²) in [5, 5.41) is 5.98. The minimum atomic E-state index is -4.63. The Morgan fingerprint density at radius 2 is 2.04 bits per heavy atom. The standard InChI is InChI=1S/C16H18F3N3O2.ClH/c17-16(18,19)15-22-12-9-11(2-3-13(12)24-15)21-14(23)4-1-10-5-7-20-8-6-10;/h2-3,9-10,20H,1,4-8H2,(H,21,23);1H. The summed E-state index contributed by atoms with van der Waals surface area (Å²) >= 11 is 0. The summed E-state index contributed by atoms with van der Waals surface area (Å²) in [6, 6.07) is 4.27. The number of amides is 1. The first-order chi connectivity index (χ1) is 11.4. The van der Waals surface area contributed by atoms with Gasteiger partial charge in [0, 0.05) is 12.1 Å². The molecule has 1 saturated heterocycles. The second-order valence-corrected chi connectivity index (χ2v) is 5.98. The molecule has 2 aromatic rings. The van der Waals surface area contributed by atoms with Gasteiger partial charge in [-0.15, -0.1) is 12.4 Å². The molecule has 0 bridgehead atoms. The molecule has 25 heavy (non-hydrogen) atoms. The quantitative estimate of drug-likeness (QED) is 0.845. The number of fused-ring (bicyclic) bond motifs is 1. The summed E-state index contributed by atoms with van der Waals surface area (Å²) in [5.41, 5.74) is 0.522. The van der Waals surface area contributed by atoms with Gasteiger partial charge in [-0.25, -0.2) is 4.98 Å². The maximum Gasteiger partial charge on any atom is 0.468 e. The molecule has 5 nitrogen and oxygen atoms in total. The molecule has 0 saturated carbocycles. The zero-order valence-corrected chi connectivity index (χ0v) is 14.2. The highest BCUT2D eigenvalue weighted by Gasteiger charge is 2.37. The van der Waals surface area contributed by atoms with Gasteiger partial charge < -0.3 is 15.1 Å². The summed E-state index contributed by atoms with van der Waals surface area (Å²) in [7, 11) is 0. The van der Waals surface area contributed by atoms with Crippen molar-refractivity contribution in [1.82, 2.24) is 10.3 Å². The third kappa shape index (κ3) is 5.09. The molecule has 1 amide bonds. The number of nitrogens with one attached hydrogen (secondary N) is 2. The smallest absolute Gasteiger partial charge is 0.433 e. The van der Waals surface area contributed by atoms with Crippen LogP contribution >= 0.6 is 12.4 Å². The average molecular weight is 378 g/mol. The number of halogens is 4. The van der Waals surface area contributed by atoms with E-state index in [1.54, 1.807) is 0 Å². The first-order valence-corrected chi connectivity index (χ1v) is 7.90. The van der Waals surface area contributed by atoms with E-state index in [1.807, 2.05) is 0 Å². The van der Waals surface area contributed by atoms with E-state index in [9.17, 15) is 18.0 Å². The van der Waals surface area contributed by atoms with E-state index in [0.717, 1.165) is 32.4 Å². The van der Waals surface area contributed by atoms with Crippen molar-refractivity contribution < 1.29 is 22.4 Å². The minimum absolute atomic E-state index is 0. The summed E-state index contributed by atoms with van der Waals surface area (Å²) in [4.78, 5) is 15.4. The lowest BCUT2D eigenvalue weighted by Gasteiger charge is -2.22. The minimum Gasteiger partial charge on any atom is -0.433 e. The summed E-state index contributed by atoms with van der Waals surface area (Å²) in [5.74, 6) is -0.885. The number of anilines is 1. The Bertz CT molecular complexity index is 727. The summed E-state index contributed by atoms with van der Waals surface area (Å²) < 4.78 is 42.4. The number of alkyl halides is 3. The lowest BCUT2D eigenvalue weighted by molar-refractivity contribution is -0.156. The summed E-state index contributed by atoms with van der Waals surface area (Å²) in [6.07, 6.45) is -1.28. The van der Waals surface area contributed by atoms with Gasteiger partial charge in [-0.3, -0.25) is 4.79 Å². The number of hydrogen-bond acceptors (Lipinski definition) is 4. The number of aromatic nitrogens is 1. The predicted octanol–water partition coefficient (Wildman–Crippen LogP) is 3.99. The molecule has 1 aliphatic rings. The Balaban J connectivity index is 0.00000225. The van der Waals surface area contributed by atoms with Crippen molar-refractivity contribution in [3.8, 4) is 0 Å². The molecule has 0 atom stereocenters. The largest absolute Gasteiger partial charge is 0.468 e. The molecule has 138 valence electrons. The van der Waals surface area contributed by atoms with Crippen molar-refractivity contribution in [2.75, 3.05) is 18.4 Å². The van der Waals surface area contributed by atoms with Crippen LogP contribution in [0.3, 0.4) is 0 Å². The van der Waals surface area contributed by atoms with Gasteiger partial charge in [0.25, 0.3) is 0 Å². The molecule has 0 unspecified atom stereocenters. The van der Waals surface area contributed by atoms with Gasteiger partial charge in [-0.2, -0.15) is 13.2 Å². The third-order valence-electron chi connectivity index (χ3n) is 4.15. The van der Waals surface area contributed by atoms with E-state index < -0.39 is 12.1 Å². The van der Waals surface area contributed by atoms with Crippen LogP contribution in [-0.2, 0) is 11.0 Å². The lowest BCUT2D eigenvalue weighted by Crippen LogP contribution is -2.28. The van der Waals surface area contributed by atoms with E-state index in [1.165, 1.54) is 18.2 Å². The van der Waals surface area contributed by atoms with Crippen molar-refractivity contribution in [2.45, 2.75) is 31.9 Å². The van der Waals surface area contributed by atoms with Crippen LogP contribution in [0.2, 0.25) is 0 Å². The van der Waals surface area contributed by atoms with Crippen LogP contribution in [0.15, 0.2) is 22.6 Å². The van der Waals surface area contributed by atoms with Gasteiger partial charge in [0.05, 0.1) is 0 Å². The number of nitrogens with zero attached hydrogens (tertiary/aromatic N) is 1. The average Bonchev–Trinajstić information content (AvgIpc) is 2.97. The fourth-order valence-electron chi connectivity index (χ4n) is 2.86.